The molecule has 17 heavy (non-hydrogen) atoms. The van der Waals surface area contributed by atoms with Crippen LogP contribution >= 0.6 is 15.9 Å². The molecule has 1 aromatic rings. The standard InChI is InChI=1S/C13H18BrNO2/c1-13(16,10-15-6-8-17-9-7-15)11-2-4-12(14)5-3-11/h2-5,16H,6-10H2,1H3/t13-/m0/s1. The molecule has 0 aliphatic carbocycles. The molecule has 1 aliphatic heterocycles. The highest BCUT2D eigenvalue weighted by molar-refractivity contribution is 9.10. The molecule has 1 heterocycles. The highest BCUT2D eigenvalue weighted by atomic mass is 79.9. The first-order chi connectivity index (χ1) is 8.08. The highest BCUT2D eigenvalue weighted by Gasteiger charge is 2.26. The Morgan fingerprint density at radius 1 is 1.29 bits per heavy atom. The third-order valence-electron chi connectivity index (χ3n) is 3.10. The normalized spacial score (nSPS) is 21.1. The van der Waals surface area contributed by atoms with Gasteiger partial charge in [-0.3, -0.25) is 4.90 Å². The van der Waals surface area contributed by atoms with Gasteiger partial charge in [0.25, 0.3) is 0 Å². The largest absolute Gasteiger partial charge is 0.384 e. The van der Waals surface area contributed by atoms with E-state index >= 15 is 0 Å². The molecule has 4 heteroatoms. The minimum atomic E-state index is -0.808. The Morgan fingerprint density at radius 3 is 2.47 bits per heavy atom. The maximum atomic E-state index is 10.5. The van der Waals surface area contributed by atoms with Gasteiger partial charge < -0.3 is 9.84 Å². The van der Waals surface area contributed by atoms with Crippen molar-refractivity contribution in [3.63, 3.8) is 0 Å². The minimum absolute atomic E-state index is 0.651. The first-order valence-corrected chi connectivity index (χ1v) is 6.66. The van der Waals surface area contributed by atoms with Crippen molar-refractivity contribution in [3.05, 3.63) is 34.3 Å². The summed E-state index contributed by atoms with van der Waals surface area (Å²) in [4.78, 5) is 2.24. The van der Waals surface area contributed by atoms with Gasteiger partial charge in [0, 0.05) is 24.1 Å². The van der Waals surface area contributed by atoms with E-state index in [1.807, 2.05) is 31.2 Å². The lowest BCUT2D eigenvalue weighted by atomic mass is 9.95. The maximum absolute atomic E-state index is 10.5. The summed E-state index contributed by atoms with van der Waals surface area (Å²) in [6.45, 7) is 5.83. The highest BCUT2D eigenvalue weighted by Crippen LogP contribution is 2.24. The summed E-state index contributed by atoms with van der Waals surface area (Å²) in [7, 11) is 0. The van der Waals surface area contributed by atoms with E-state index in [2.05, 4.69) is 20.8 Å². The molecule has 0 radical (unpaired) electrons. The molecule has 0 amide bonds. The zero-order chi connectivity index (χ0) is 12.3. The minimum Gasteiger partial charge on any atom is -0.384 e. The topological polar surface area (TPSA) is 32.7 Å². The Balaban J connectivity index is 2.04. The number of rotatable bonds is 3. The van der Waals surface area contributed by atoms with Gasteiger partial charge in [-0.05, 0) is 24.6 Å². The van der Waals surface area contributed by atoms with Gasteiger partial charge in [0.05, 0.1) is 18.8 Å². The van der Waals surface area contributed by atoms with Crippen LogP contribution in [-0.4, -0.2) is 42.9 Å². The van der Waals surface area contributed by atoms with E-state index in [1.165, 1.54) is 0 Å². The third-order valence-corrected chi connectivity index (χ3v) is 3.63. The summed E-state index contributed by atoms with van der Waals surface area (Å²) < 4.78 is 6.34. The number of morpholine rings is 1. The second-order valence-electron chi connectivity index (χ2n) is 4.67. The molecule has 2 rings (SSSR count). The van der Waals surface area contributed by atoms with Gasteiger partial charge in [0.1, 0.15) is 0 Å². The van der Waals surface area contributed by atoms with Crippen LogP contribution in [0.15, 0.2) is 28.7 Å². The lowest BCUT2D eigenvalue weighted by molar-refractivity contribution is -0.0254. The van der Waals surface area contributed by atoms with Crippen LogP contribution < -0.4 is 0 Å². The summed E-state index contributed by atoms with van der Waals surface area (Å²) >= 11 is 3.40. The number of β-amino-alcohol motifs (C(OH)–C–C–N with tert-alkyl or cyclic N) is 1. The number of benzene rings is 1. The van der Waals surface area contributed by atoms with Gasteiger partial charge in [-0.2, -0.15) is 0 Å². The smallest absolute Gasteiger partial charge is 0.0994 e. The van der Waals surface area contributed by atoms with Crippen LogP contribution in [0.4, 0.5) is 0 Å². The van der Waals surface area contributed by atoms with Crippen LogP contribution in [0.3, 0.4) is 0 Å². The average molecular weight is 300 g/mol. The molecule has 0 aromatic heterocycles. The van der Waals surface area contributed by atoms with Gasteiger partial charge in [-0.15, -0.1) is 0 Å². The van der Waals surface area contributed by atoms with Crippen molar-refractivity contribution in [1.82, 2.24) is 4.90 Å². The van der Waals surface area contributed by atoms with E-state index < -0.39 is 5.60 Å². The van der Waals surface area contributed by atoms with Crippen molar-refractivity contribution >= 4 is 15.9 Å². The van der Waals surface area contributed by atoms with E-state index in [1.54, 1.807) is 0 Å². The molecule has 1 aliphatic rings. The van der Waals surface area contributed by atoms with E-state index in [0.717, 1.165) is 36.3 Å². The molecule has 1 N–H and O–H groups in total. The number of hydrogen-bond donors (Lipinski definition) is 1. The van der Waals surface area contributed by atoms with Crippen LogP contribution in [-0.2, 0) is 10.3 Å². The molecule has 1 atom stereocenters. The summed E-state index contributed by atoms with van der Waals surface area (Å²) in [5, 5.41) is 10.5. The number of ether oxygens (including phenoxy) is 1. The van der Waals surface area contributed by atoms with Crippen molar-refractivity contribution in [2.75, 3.05) is 32.8 Å². The van der Waals surface area contributed by atoms with Crippen molar-refractivity contribution < 1.29 is 9.84 Å². The zero-order valence-electron chi connectivity index (χ0n) is 10.0. The zero-order valence-corrected chi connectivity index (χ0v) is 11.6. The molecule has 1 fully saturated rings. The fraction of sp³-hybridized carbons (Fsp3) is 0.538. The molecular formula is C13H18BrNO2. The molecular weight excluding hydrogens is 282 g/mol. The fourth-order valence-electron chi connectivity index (χ4n) is 2.09. The molecule has 0 unspecified atom stereocenters. The summed E-state index contributed by atoms with van der Waals surface area (Å²) in [6.07, 6.45) is 0. The van der Waals surface area contributed by atoms with E-state index in [0.29, 0.717) is 6.54 Å². The third kappa shape index (κ3) is 3.52. The lowest BCUT2D eigenvalue weighted by Gasteiger charge is -2.34. The first-order valence-electron chi connectivity index (χ1n) is 5.86. The van der Waals surface area contributed by atoms with Crippen LogP contribution in [0.5, 0.6) is 0 Å². The van der Waals surface area contributed by atoms with Gasteiger partial charge in [0.15, 0.2) is 0 Å². The predicted octanol–water partition coefficient (Wildman–Crippen LogP) is 1.99. The molecule has 0 spiro atoms. The Kier molecular flexibility index (Phi) is 4.20. The Morgan fingerprint density at radius 2 is 1.88 bits per heavy atom. The van der Waals surface area contributed by atoms with Crippen LogP contribution in [0, 0.1) is 0 Å². The molecule has 0 saturated carbocycles. The Labute approximate surface area is 111 Å². The van der Waals surface area contributed by atoms with Crippen LogP contribution in [0.25, 0.3) is 0 Å². The predicted molar refractivity (Wildman–Crippen MR) is 71.0 cm³/mol. The van der Waals surface area contributed by atoms with Crippen molar-refractivity contribution in [2.24, 2.45) is 0 Å². The van der Waals surface area contributed by atoms with Crippen molar-refractivity contribution in [2.45, 2.75) is 12.5 Å². The molecule has 94 valence electrons. The second kappa shape index (κ2) is 5.48. The van der Waals surface area contributed by atoms with E-state index in [4.69, 9.17) is 4.74 Å². The van der Waals surface area contributed by atoms with Gasteiger partial charge in [-0.25, -0.2) is 0 Å². The quantitative estimate of drug-likeness (QED) is 0.926. The average Bonchev–Trinajstić information content (AvgIpc) is 2.30. The van der Waals surface area contributed by atoms with E-state index in [9.17, 15) is 5.11 Å². The molecule has 3 nitrogen and oxygen atoms in total. The first kappa shape index (κ1) is 13.0. The summed E-state index contributed by atoms with van der Waals surface area (Å²) in [5.41, 5.74) is 0.144. The number of nitrogens with zero attached hydrogens (tertiary/aromatic N) is 1. The number of halogens is 1. The van der Waals surface area contributed by atoms with E-state index in [-0.39, 0.29) is 0 Å². The fourth-order valence-corrected chi connectivity index (χ4v) is 2.36. The maximum Gasteiger partial charge on any atom is 0.0994 e. The number of aliphatic hydroxyl groups is 1. The van der Waals surface area contributed by atoms with Crippen molar-refractivity contribution in [3.8, 4) is 0 Å². The van der Waals surface area contributed by atoms with Crippen molar-refractivity contribution in [1.29, 1.82) is 0 Å². The SMILES string of the molecule is C[C@](O)(CN1CCOCC1)c1ccc(Br)cc1. The summed E-state index contributed by atoms with van der Waals surface area (Å²) in [6, 6.07) is 7.85. The van der Waals surface area contributed by atoms with Gasteiger partial charge in [0.2, 0.25) is 0 Å². The van der Waals surface area contributed by atoms with Gasteiger partial charge >= 0.3 is 0 Å². The Hall–Kier alpha value is -0.420. The molecule has 0 bridgehead atoms. The lowest BCUT2D eigenvalue weighted by Crippen LogP contribution is -2.44. The molecule has 1 aromatic carbocycles. The number of hydrogen-bond acceptors (Lipinski definition) is 3. The van der Waals surface area contributed by atoms with Crippen LogP contribution in [0.2, 0.25) is 0 Å². The van der Waals surface area contributed by atoms with Crippen LogP contribution in [0.1, 0.15) is 12.5 Å². The summed E-state index contributed by atoms with van der Waals surface area (Å²) in [5.74, 6) is 0. The molecule has 1 saturated heterocycles. The monoisotopic (exact) mass is 299 g/mol. The second-order valence-corrected chi connectivity index (χ2v) is 5.58. The Bertz CT molecular complexity index is 358. The van der Waals surface area contributed by atoms with Gasteiger partial charge in [-0.1, -0.05) is 28.1 Å².